The Morgan fingerprint density at radius 3 is 2.10 bits per heavy atom. The predicted molar refractivity (Wildman–Crippen MR) is 132 cm³/mol. The van der Waals surface area contributed by atoms with Crippen LogP contribution in [0.15, 0.2) is 84.5 Å². The summed E-state index contributed by atoms with van der Waals surface area (Å²) in [6, 6.07) is 21.6. The van der Waals surface area contributed by atoms with E-state index >= 15 is 0 Å². The molecule has 0 saturated carbocycles. The van der Waals surface area contributed by atoms with Gasteiger partial charge in [-0.1, -0.05) is 94.8 Å². The SMILES string of the molecule is CC(C)(Br)C(O)OCCCSC(C1=CCCC=C1)(c1ccccc1)c1ccccc1. The zero-order chi connectivity index (χ0) is 21.5. The lowest BCUT2D eigenvalue weighted by Crippen LogP contribution is -2.32. The summed E-state index contributed by atoms with van der Waals surface area (Å²) in [5, 5.41) is 10.1. The van der Waals surface area contributed by atoms with E-state index in [-0.39, 0.29) is 4.75 Å². The number of benzene rings is 2. The van der Waals surface area contributed by atoms with E-state index in [1.165, 1.54) is 16.7 Å². The molecule has 0 aliphatic heterocycles. The van der Waals surface area contributed by atoms with Crippen LogP contribution in [-0.2, 0) is 9.48 Å². The molecule has 2 nitrogen and oxygen atoms in total. The molecule has 1 N–H and O–H groups in total. The molecule has 2 aromatic carbocycles. The highest BCUT2D eigenvalue weighted by molar-refractivity contribution is 9.10. The van der Waals surface area contributed by atoms with Crippen LogP contribution in [0, 0.1) is 0 Å². The average molecular weight is 488 g/mol. The Bertz CT molecular complexity index is 801. The maximum atomic E-state index is 10.1. The molecule has 0 bridgehead atoms. The molecular formula is C26H31BrO2S. The number of aliphatic hydroxyl groups is 1. The van der Waals surface area contributed by atoms with Gasteiger partial charge in [0.1, 0.15) is 0 Å². The molecule has 0 aromatic heterocycles. The highest BCUT2D eigenvalue weighted by atomic mass is 79.9. The molecule has 4 heteroatoms. The standard InChI is InChI=1S/C26H31BrO2S/c1-25(2,27)24(28)29-19-12-20-30-26(21-13-6-3-7-14-21,22-15-8-4-9-16-22)23-17-10-5-11-18-23/h3-4,6-10,13-18,24,28H,5,11-12,19-20H2,1-2H3. The third-order valence-corrected chi connectivity index (χ3v) is 7.26. The smallest absolute Gasteiger partial charge is 0.169 e. The normalized spacial score (nSPS) is 15.7. The summed E-state index contributed by atoms with van der Waals surface area (Å²) in [4.78, 5) is 0. The van der Waals surface area contributed by atoms with Crippen molar-refractivity contribution in [2.75, 3.05) is 12.4 Å². The maximum Gasteiger partial charge on any atom is 0.169 e. The topological polar surface area (TPSA) is 29.5 Å². The minimum absolute atomic E-state index is 0.257. The lowest BCUT2D eigenvalue weighted by Gasteiger charge is -2.37. The van der Waals surface area contributed by atoms with Crippen molar-refractivity contribution in [2.45, 2.75) is 48.5 Å². The van der Waals surface area contributed by atoms with Gasteiger partial charge in [-0.15, -0.1) is 11.8 Å². The van der Waals surface area contributed by atoms with E-state index in [4.69, 9.17) is 4.74 Å². The third kappa shape index (κ3) is 5.67. The zero-order valence-corrected chi connectivity index (χ0v) is 20.2. The van der Waals surface area contributed by atoms with Gasteiger partial charge < -0.3 is 9.84 Å². The number of ether oxygens (including phenoxy) is 1. The Morgan fingerprint density at radius 2 is 1.60 bits per heavy atom. The van der Waals surface area contributed by atoms with Gasteiger partial charge in [-0.25, -0.2) is 0 Å². The predicted octanol–water partition coefficient (Wildman–Crippen LogP) is 6.84. The van der Waals surface area contributed by atoms with Crippen LogP contribution in [-0.4, -0.2) is 28.1 Å². The van der Waals surface area contributed by atoms with Crippen LogP contribution >= 0.6 is 27.7 Å². The monoisotopic (exact) mass is 486 g/mol. The second kappa shape index (κ2) is 10.8. The molecule has 1 aliphatic rings. The molecule has 0 saturated heterocycles. The lowest BCUT2D eigenvalue weighted by atomic mass is 9.81. The highest BCUT2D eigenvalue weighted by Crippen LogP contribution is 2.50. The van der Waals surface area contributed by atoms with Crippen LogP contribution in [0.25, 0.3) is 0 Å². The first-order chi connectivity index (χ1) is 14.4. The first kappa shape index (κ1) is 23.3. The van der Waals surface area contributed by atoms with Crippen molar-refractivity contribution in [1.29, 1.82) is 0 Å². The average Bonchev–Trinajstić information content (AvgIpc) is 2.77. The number of hydrogen-bond donors (Lipinski definition) is 1. The summed E-state index contributed by atoms with van der Waals surface area (Å²) >= 11 is 5.41. The van der Waals surface area contributed by atoms with Gasteiger partial charge in [-0.05, 0) is 55.6 Å². The van der Waals surface area contributed by atoms with Crippen LogP contribution in [0.3, 0.4) is 0 Å². The van der Waals surface area contributed by atoms with Gasteiger partial charge >= 0.3 is 0 Å². The van der Waals surface area contributed by atoms with Gasteiger partial charge in [-0.3, -0.25) is 0 Å². The van der Waals surface area contributed by atoms with Gasteiger partial charge in [0.25, 0.3) is 0 Å². The Kier molecular flexibility index (Phi) is 8.41. The molecule has 2 aromatic rings. The molecule has 1 aliphatic carbocycles. The number of allylic oxidation sites excluding steroid dienone is 3. The fourth-order valence-corrected chi connectivity index (χ4v) is 5.27. The number of thioether (sulfide) groups is 1. The van der Waals surface area contributed by atoms with Crippen molar-refractivity contribution in [1.82, 2.24) is 0 Å². The van der Waals surface area contributed by atoms with E-state index in [9.17, 15) is 5.11 Å². The molecule has 160 valence electrons. The van der Waals surface area contributed by atoms with Crippen molar-refractivity contribution >= 4 is 27.7 Å². The second-order valence-electron chi connectivity index (χ2n) is 8.04. The van der Waals surface area contributed by atoms with Crippen LogP contribution < -0.4 is 0 Å². The van der Waals surface area contributed by atoms with Crippen LogP contribution in [0.2, 0.25) is 0 Å². The Labute approximate surface area is 193 Å². The molecule has 1 atom stereocenters. The van der Waals surface area contributed by atoms with E-state index < -0.39 is 10.6 Å². The molecule has 3 rings (SSSR count). The summed E-state index contributed by atoms with van der Waals surface area (Å²) in [6.07, 6.45) is 9.19. The minimum Gasteiger partial charge on any atom is -0.367 e. The largest absolute Gasteiger partial charge is 0.367 e. The molecule has 1 unspecified atom stereocenters. The summed E-state index contributed by atoms with van der Waals surface area (Å²) in [5.74, 6) is 0.921. The van der Waals surface area contributed by atoms with E-state index in [0.29, 0.717) is 6.61 Å². The number of hydrogen-bond acceptors (Lipinski definition) is 3. The number of halogens is 1. The van der Waals surface area contributed by atoms with Crippen molar-refractivity contribution in [3.8, 4) is 0 Å². The molecule has 0 fully saturated rings. The minimum atomic E-state index is -0.820. The van der Waals surface area contributed by atoms with Crippen molar-refractivity contribution in [2.24, 2.45) is 0 Å². The first-order valence-electron chi connectivity index (χ1n) is 10.6. The van der Waals surface area contributed by atoms with Crippen LogP contribution in [0.4, 0.5) is 0 Å². The summed E-state index contributed by atoms with van der Waals surface area (Å²) in [5.41, 5.74) is 3.93. The highest BCUT2D eigenvalue weighted by Gasteiger charge is 2.37. The van der Waals surface area contributed by atoms with Crippen LogP contribution in [0.5, 0.6) is 0 Å². The summed E-state index contributed by atoms with van der Waals surface area (Å²) in [7, 11) is 0. The molecule has 0 amide bonds. The Morgan fingerprint density at radius 1 is 1.00 bits per heavy atom. The fraction of sp³-hybridized carbons (Fsp3) is 0.385. The van der Waals surface area contributed by atoms with Crippen LogP contribution in [0.1, 0.15) is 44.2 Å². The van der Waals surface area contributed by atoms with Gasteiger partial charge in [0.2, 0.25) is 0 Å². The van der Waals surface area contributed by atoms with E-state index in [0.717, 1.165) is 25.0 Å². The lowest BCUT2D eigenvalue weighted by molar-refractivity contribution is -0.113. The molecule has 0 heterocycles. The molecular weight excluding hydrogens is 456 g/mol. The van der Waals surface area contributed by atoms with Crippen molar-refractivity contribution < 1.29 is 9.84 Å². The van der Waals surface area contributed by atoms with E-state index in [1.54, 1.807) is 0 Å². The van der Waals surface area contributed by atoms with Gasteiger partial charge in [0.05, 0.1) is 15.7 Å². The Balaban J connectivity index is 1.86. The zero-order valence-electron chi connectivity index (χ0n) is 17.8. The van der Waals surface area contributed by atoms with Crippen molar-refractivity contribution in [3.63, 3.8) is 0 Å². The quantitative estimate of drug-likeness (QED) is 0.226. The van der Waals surface area contributed by atoms with Crippen molar-refractivity contribution in [3.05, 3.63) is 95.6 Å². The number of alkyl halides is 1. The van der Waals surface area contributed by atoms with Gasteiger partial charge in [0.15, 0.2) is 6.29 Å². The number of rotatable bonds is 10. The maximum absolute atomic E-state index is 10.1. The summed E-state index contributed by atoms with van der Waals surface area (Å²) in [6.45, 7) is 4.34. The third-order valence-electron chi connectivity index (χ3n) is 5.23. The Hall–Kier alpha value is -1.33. The molecule has 30 heavy (non-hydrogen) atoms. The summed E-state index contributed by atoms with van der Waals surface area (Å²) < 4.78 is 4.94. The van der Waals surface area contributed by atoms with E-state index in [1.807, 2.05) is 25.6 Å². The van der Waals surface area contributed by atoms with E-state index in [2.05, 4.69) is 94.8 Å². The fourth-order valence-electron chi connectivity index (χ4n) is 3.65. The second-order valence-corrected chi connectivity index (χ2v) is 11.4. The molecule has 0 radical (unpaired) electrons. The molecule has 0 spiro atoms. The van der Waals surface area contributed by atoms with Gasteiger partial charge in [0, 0.05) is 0 Å². The first-order valence-corrected chi connectivity index (χ1v) is 12.3. The van der Waals surface area contributed by atoms with Gasteiger partial charge in [-0.2, -0.15) is 0 Å². The number of aliphatic hydroxyl groups excluding tert-OH is 1.